The molecule has 0 saturated carbocycles. The predicted molar refractivity (Wildman–Crippen MR) is 93.6 cm³/mol. The number of carbonyl (C=O) groups is 1. The second-order valence-electron chi connectivity index (χ2n) is 6.58. The van der Waals surface area contributed by atoms with Crippen molar-refractivity contribution >= 4 is 17.5 Å². The number of benzene rings is 1. The summed E-state index contributed by atoms with van der Waals surface area (Å²) in [6, 6.07) is 8.30. The van der Waals surface area contributed by atoms with Gasteiger partial charge in [-0.1, -0.05) is 23.7 Å². The van der Waals surface area contributed by atoms with Crippen LogP contribution in [0.15, 0.2) is 24.3 Å². The summed E-state index contributed by atoms with van der Waals surface area (Å²) < 4.78 is 0. The summed E-state index contributed by atoms with van der Waals surface area (Å²) >= 11 is 6.02. The zero-order valence-corrected chi connectivity index (χ0v) is 14.3. The first kappa shape index (κ1) is 16.7. The van der Waals surface area contributed by atoms with Gasteiger partial charge in [-0.25, -0.2) is 0 Å². The van der Waals surface area contributed by atoms with Crippen LogP contribution in [0.25, 0.3) is 0 Å². The number of nitrogens with one attached hydrogen (secondary N) is 2. The Morgan fingerprint density at radius 2 is 1.87 bits per heavy atom. The lowest BCUT2D eigenvalue weighted by Crippen LogP contribution is -2.42. The minimum Gasteiger partial charge on any atom is -0.354 e. The maximum atomic E-state index is 12.4. The third-order valence-electron chi connectivity index (χ3n) is 5.02. The molecule has 4 nitrogen and oxygen atoms in total. The number of halogens is 1. The first-order valence-electron chi connectivity index (χ1n) is 8.72. The topological polar surface area (TPSA) is 44.4 Å². The molecule has 1 atom stereocenters. The van der Waals surface area contributed by atoms with Gasteiger partial charge >= 0.3 is 0 Å². The van der Waals surface area contributed by atoms with Crippen molar-refractivity contribution in [1.29, 1.82) is 0 Å². The Labute approximate surface area is 143 Å². The molecular formula is C18H26ClN3O. The van der Waals surface area contributed by atoms with Crippen LogP contribution in [-0.2, 0) is 4.79 Å². The van der Waals surface area contributed by atoms with Gasteiger partial charge in [0.2, 0.25) is 5.91 Å². The Hall–Kier alpha value is -1.10. The SMILES string of the molecule is O=C(NCC(c1ccc(Cl)cc1)N1CCCC1)C1CCNCC1. The summed E-state index contributed by atoms with van der Waals surface area (Å²) in [4.78, 5) is 14.9. The zero-order chi connectivity index (χ0) is 16.1. The highest BCUT2D eigenvalue weighted by Crippen LogP contribution is 2.26. The Kier molecular flexibility index (Phi) is 5.92. The molecule has 2 fully saturated rings. The van der Waals surface area contributed by atoms with E-state index in [0.29, 0.717) is 6.54 Å². The molecule has 2 saturated heterocycles. The van der Waals surface area contributed by atoms with Crippen molar-refractivity contribution in [3.8, 4) is 0 Å². The normalized spacial score (nSPS) is 21.3. The standard InChI is InChI=1S/C18H26ClN3O/c19-16-5-3-14(4-6-16)17(22-11-1-2-12-22)13-21-18(23)15-7-9-20-10-8-15/h3-6,15,17,20H,1-2,7-13H2,(H,21,23). The van der Waals surface area contributed by atoms with E-state index in [4.69, 9.17) is 11.6 Å². The molecule has 0 bridgehead atoms. The van der Waals surface area contributed by atoms with Crippen LogP contribution < -0.4 is 10.6 Å². The van der Waals surface area contributed by atoms with Gasteiger partial charge in [0.05, 0.1) is 6.04 Å². The van der Waals surface area contributed by atoms with Gasteiger partial charge in [0, 0.05) is 17.5 Å². The summed E-state index contributed by atoms with van der Waals surface area (Å²) in [6.45, 7) is 4.80. The molecule has 1 amide bonds. The van der Waals surface area contributed by atoms with Gasteiger partial charge in [-0.2, -0.15) is 0 Å². The van der Waals surface area contributed by atoms with Gasteiger partial charge in [-0.05, 0) is 69.6 Å². The van der Waals surface area contributed by atoms with Gasteiger partial charge < -0.3 is 10.6 Å². The Bertz CT molecular complexity index is 508. The lowest BCUT2D eigenvalue weighted by Gasteiger charge is -2.29. The molecule has 1 aromatic rings. The molecule has 2 aliphatic rings. The van der Waals surface area contributed by atoms with Crippen LogP contribution in [0.4, 0.5) is 0 Å². The molecule has 0 radical (unpaired) electrons. The monoisotopic (exact) mass is 335 g/mol. The molecule has 3 rings (SSSR count). The molecule has 2 aliphatic heterocycles. The molecule has 23 heavy (non-hydrogen) atoms. The van der Waals surface area contributed by atoms with Crippen LogP contribution in [-0.4, -0.2) is 43.5 Å². The maximum absolute atomic E-state index is 12.4. The highest BCUT2D eigenvalue weighted by molar-refractivity contribution is 6.30. The van der Waals surface area contributed by atoms with Crippen molar-refractivity contribution in [2.24, 2.45) is 5.92 Å². The van der Waals surface area contributed by atoms with Gasteiger partial charge in [0.1, 0.15) is 0 Å². The van der Waals surface area contributed by atoms with Gasteiger partial charge in [0.25, 0.3) is 0 Å². The summed E-state index contributed by atoms with van der Waals surface area (Å²) in [5.41, 5.74) is 1.24. The van der Waals surface area contributed by atoms with E-state index in [0.717, 1.165) is 44.0 Å². The summed E-state index contributed by atoms with van der Waals surface area (Å²) in [5.74, 6) is 0.380. The summed E-state index contributed by atoms with van der Waals surface area (Å²) in [6.07, 6.45) is 4.38. The average Bonchev–Trinajstić information content (AvgIpc) is 3.11. The van der Waals surface area contributed by atoms with Crippen LogP contribution in [0.5, 0.6) is 0 Å². The highest BCUT2D eigenvalue weighted by atomic mass is 35.5. The number of likely N-dealkylation sites (tertiary alicyclic amines) is 1. The maximum Gasteiger partial charge on any atom is 0.223 e. The molecule has 0 aliphatic carbocycles. The fraction of sp³-hybridized carbons (Fsp3) is 0.611. The summed E-state index contributed by atoms with van der Waals surface area (Å²) in [7, 11) is 0. The quantitative estimate of drug-likeness (QED) is 0.869. The molecule has 2 N–H and O–H groups in total. The fourth-order valence-electron chi connectivity index (χ4n) is 3.62. The van der Waals surface area contributed by atoms with E-state index in [-0.39, 0.29) is 17.9 Å². The second-order valence-corrected chi connectivity index (χ2v) is 7.02. The van der Waals surface area contributed by atoms with Crippen molar-refractivity contribution in [3.05, 3.63) is 34.9 Å². The number of rotatable bonds is 5. The van der Waals surface area contributed by atoms with Crippen molar-refractivity contribution in [2.45, 2.75) is 31.7 Å². The van der Waals surface area contributed by atoms with Crippen LogP contribution in [0.1, 0.15) is 37.3 Å². The predicted octanol–water partition coefficient (Wildman–Crippen LogP) is 2.59. The van der Waals surface area contributed by atoms with E-state index in [9.17, 15) is 4.79 Å². The Morgan fingerprint density at radius 3 is 2.52 bits per heavy atom. The minimum absolute atomic E-state index is 0.167. The van der Waals surface area contributed by atoms with Gasteiger partial charge in [-0.3, -0.25) is 9.69 Å². The fourth-order valence-corrected chi connectivity index (χ4v) is 3.75. The molecule has 0 aromatic heterocycles. The molecule has 2 heterocycles. The molecule has 5 heteroatoms. The van der Waals surface area contributed by atoms with Crippen LogP contribution in [0, 0.1) is 5.92 Å². The lowest BCUT2D eigenvalue weighted by molar-refractivity contribution is -0.126. The van der Waals surface area contributed by atoms with Crippen molar-refractivity contribution in [3.63, 3.8) is 0 Å². The number of hydrogen-bond donors (Lipinski definition) is 2. The van der Waals surface area contributed by atoms with Crippen molar-refractivity contribution < 1.29 is 4.79 Å². The van der Waals surface area contributed by atoms with E-state index in [2.05, 4.69) is 27.7 Å². The third kappa shape index (κ3) is 4.46. The second kappa shape index (κ2) is 8.13. The summed E-state index contributed by atoms with van der Waals surface area (Å²) in [5, 5.41) is 7.27. The van der Waals surface area contributed by atoms with E-state index in [1.54, 1.807) is 0 Å². The first-order chi connectivity index (χ1) is 11.2. The zero-order valence-electron chi connectivity index (χ0n) is 13.6. The Balaban J connectivity index is 1.63. The Morgan fingerprint density at radius 1 is 1.22 bits per heavy atom. The number of hydrogen-bond acceptors (Lipinski definition) is 3. The highest BCUT2D eigenvalue weighted by Gasteiger charge is 2.26. The smallest absolute Gasteiger partial charge is 0.223 e. The largest absolute Gasteiger partial charge is 0.354 e. The lowest BCUT2D eigenvalue weighted by atomic mass is 9.97. The average molecular weight is 336 g/mol. The van der Waals surface area contributed by atoms with Crippen LogP contribution in [0.3, 0.4) is 0 Å². The number of nitrogens with zero attached hydrogens (tertiary/aromatic N) is 1. The number of amides is 1. The minimum atomic E-state index is 0.167. The molecule has 126 valence electrons. The number of carbonyl (C=O) groups excluding carboxylic acids is 1. The first-order valence-corrected chi connectivity index (χ1v) is 9.10. The third-order valence-corrected chi connectivity index (χ3v) is 5.27. The van der Waals surface area contributed by atoms with E-state index in [1.165, 1.54) is 18.4 Å². The van der Waals surface area contributed by atoms with Gasteiger partial charge in [0.15, 0.2) is 0 Å². The van der Waals surface area contributed by atoms with Crippen molar-refractivity contribution in [2.75, 3.05) is 32.7 Å². The molecule has 0 spiro atoms. The molecule has 1 aromatic carbocycles. The number of piperidine rings is 1. The van der Waals surface area contributed by atoms with Gasteiger partial charge in [-0.15, -0.1) is 0 Å². The van der Waals surface area contributed by atoms with E-state index in [1.807, 2.05) is 12.1 Å². The van der Waals surface area contributed by atoms with E-state index < -0.39 is 0 Å². The molecular weight excluding hydrogens is 310 g/mol. The van der Waals surface area contributed by atoms with Crippen molar-refractivity contribution in [1.82, 2.24) is 15.5 Å². The molecule has 1 unspecified atom stereocenters. The van der Waals surface area contributed by atoms with E-state index >= 15 is 0 Å². The van der Waals surface area contributed by atoms with Crippen LogP contribution in [0.2, 0.25) is 5.02 Å². The van der Waals surface area contributed by atoms with Crippen LogP contribution >= 0.6 is 11.6 Å².